The predicted octanol–water partition coefficient (Wildman–Crippen LogP) is 4.56. The van der Waals surface area contributed by atoms with Gasteiger partial charge in [0.2, 0.25) is 34.8 Å². The van der Waals surface area contributed by atoms with Crippen LogP contribution in [0.1, 0.15) is 89.4 Å². The van der Waals surface area contributed by atoms with Gasteiger partial charge in [-0.25, -0.2) is 9.37 Å². The molecule has 20 nitrogen and oxygen atoms in total. The molecule has 1 saturated heterocycles. The Morgan fingerprint density at radius 3 is 2.12 bits per heavy atom. The molecule has 1 atom stereocenters. The quantitative estimate of drug-likeness (QED) is 0.0221. The lowest BCUT2D eigenvalue weighted by atomic mass is 9.90. The molecular weight excluding hydrogens is 985 g/mol. The lowest BCUT2D eigenvalue weighted by molar-refractivity contribution is -0.145. The van der Waals surface area contributed by atoms with Crippen molar-refractivity contribution in [1.29, 1.82) is 0 Å². The standard InChI is InChI=1S/C54H72N8O12S/c1-6-58(7-2)38-22-24-42-45(35-38)73-46-36-39(59(8-3)9-4)23-25-43(46)52(42)40-17-12-13-18-41(40)54(69)61-33-31-60(32-34-61)48(64)20-15-14-19-47(63)56-44(37-75(70,71)72)53(68)55-28-30-57(5)29-16-10-11-21-51(67)74-62-49(65)26-27-50(62)66/h12-13,17-18,22-27,35-36,44H,6-11,14-16,19-21,28-34,37H2,1-5H3,(H4,55,56,63,68,69,70,71,72)/p+1. The van der Waals surface area contributed by atoms with Crippen LogP contribution in [0.25, 0.3) is 33.4 Å². The molecule has 1 aliphatic carbocycles. The fourth-order valence-corrected chi connectivity index (χ4v) is 10.1. The van der Waals surface area contributed by atoms with Gasteiger partial charge < -0.3 is 49.7 Å². The summed E-state index contributed by atoms with van der Waals surface area (Å²) in [5.41, 5.74) is 4.91. The van der Waals surface area contributed by atoms with E-state index in [9.17, 15) is 47.2 Å². The molecule has 2 aromatic carbocycles. The monoisotopic (exact) mass is 1060 g/mol. The first-order valence-electron chi connectivity index (χ1n) is 26.0. The summed E-state index contributed by atoms with van der Waals surface area (Å²) in [5, 5.41) is 26.2. The van der Waals surface area contributed by atoms with Crippen molar-refractivity contribution in [3.63, 3.8) is 0 Å². The van der Waals surface area contributed by atoms with Crippen LogP contribution in [-0.4, -0.2) is 163 Å². The Bertz CT molecular complexity index is 2920. The van der Waals surface area contributed by atoms with Crippen LogP contribution < -0.4 is 30.3 Å². The molecule has 3 heterocycles. The van der Waals surface area contributed by atoms with Gasteiger partial charge in [-0.2, -0.15) is 8.42 Å². The van der Waals surface area contributed by atoms with Crippen LogP contribution in [0.5, 0.6) is 11.8 Å². The number of anilines is 1. The highest BCUT2D eigenvalue weighted by Gasteiger charge is 2.30. The minimum Gasteiger partial charge on any atom is -0.492 e. The minimum absolute atomic E-state index is 0.0669. The van der Waals surface area contributed by atoms with E-state index in [4.69, 9.17) is 9.25 Å². The van der Waals surface area contributed by atoms with Crippen LogP contribution >= 0.6 is 0 Å². The highest BCUT2D eigenvalue weighted by atomic mass is 32.2. The number of nitrogens with zero attached hydrogens (tertiary/aromatic N) is 6. The molecule has 0 saturated carbocycles. The zero-order valence-electron chi connectivity index (χ0n) is 43.8. The molecule has 2 aliphatic heterocycles. The van der Waals surface area contributed by atoms with E-state index in [0.29, 0.717) is 75.2 Å². The fraction of sp³-hybridized carbons (Fsp3) is 0.481. The zero-order valence-corrected chi connectivity index (χ0v) is 44.6. The fourth-order valence-electron chi connectivity index (χ4n) is 9.40. The number of unbranched alkanes of at least 4 members (excludes halogenated alkanes) is 3. The van der Waals surface area contributed by atoms with Crippen molar-refractivity contribution >= 4 is 56.4 Å². The number of rotatable bonds is 26. The molecule has 0 spiro atoms. The van der Waals surface area contributed by atoms with E-state index in [1.807, 2.05) is 36.2 Å². The number of benzene rings is 3. The summed E-state index contributed by atoms with van der Waals surface area (Å²) < 4.78 is 42.7. The molecule has 1 fully saturated rings. The molecule has 4 amide bonds. The van der Waals surface area contributed by atoms with Gasteiger partial charge in [0.15, 0.2) is 0 Å². The van der Waals surface area contributed by atoms with Crippen molar-refractivity contribution in [2.45, 2.75) is 85.1 Å². The van der Waals surface area contributed by atoms with E-state index >= 15 is 0 Å². The number of piperazine rings is 1. The second kappa shape index (κ2) is 27.0. The van der Waals surface area contributed by atoms with E-state index < -0.39 is 51.5 Å². The molecule has 0 radical (unpaired) electrons. The lowest BCUT2D eigenvalue weighted by Gasteiger charge is -2.35. The van der Waals surface area contributed by atoms with Crippen molar-refractivity contribution in [3.05, 3.63) is 83.7 Å². The maximum Gasteiger partial charge on any atom is 0.333 e. The summed E-state index contributed by atoms with van der Waals surface area (Å²) in [4.78, 5) is 78.4. The molecule has 5 N–H and O–H groups in total. The van der Waals surface area contributed by atoms with Gasteiger partial charge >= 0.3 is 5.97 Å². The number of amides is 4. The summed E-state index contributed by atoms with van der Waals surface area (Å²) in [6.07, 6.45) is 2.64. The molecule has 21 heteroatoms. The Morgan fingerprint density at radius 1 is 0.773 bits per heavy atom. The Morgan fingerprint density at radius 2 is 1.44 bits per heavy atom. The molecule has 1 aromatic heterocycles. The van der Waals surface area contributed by atoms with Gasteiger partial charge in [-0.05, 0) is 96.8 Å². The van der Waals surface area contributed by atoms with Crippen LogP contribution in [-0.2, 0) is 29.3 Å². The molecule has 3 aromatic rings. The number of hydrogen-bond donors (Lipinski definition) is 5. The Labute approximate surface area is 438 Å². The smallest absolute Gasteiger partial charge is 0.333 e. The van der Waals surface area contributed by atoms with E-state index in [1.165, 1.54) is 12.1 Å². The van der Waals surface area contributed by atoms with Crippen LogP contribution in [0, 0.1) is 0 Å². The normalized spacial score (nSPS) is 13.3. The third-order valence-electron chi connectivity index (χ3n) is 13.6. The van der Waals surface area contributed by atoms with Gasteiger partial charge in [0, 0.05) is 124 Å². The van der Waals surface area contributed by atoms with Gasteiger partial charge in [-0.3, -0.25) is 23.7 Å². The zero-order chi connectivity index (χ0) is 54.2. The summed E-state index contributed by atoms with van der Waals surface area (Å²) in [5.74, 6) is -3.37. The van der Waals surface area contributed by atoms with Gasteiger partial charge in [0.1, 0.15) is 36.2 Å². The molecule has 6 rings (SSSR count). The van der Waals surface area contributed by atoms with Crippen molar-refractivity contribution < 1.29 is 56.4 Å². The first-order chi connectivity index (χ1) is 35.9. The van der Waals surface area contributed by atoms with Gasteiger partial charge in [0.05, 0.1) is 6.07 Å². The topological polar surface area (TPSA) is 248 Å². The SMILES string of the molecule is CCN(CC)c1ccc2c(-c3ccccc3C(=O)N3CCN(C(=O)CCCCC(=O)NC(CS(=O)(=O)O)C(=O)NCCN(C)CCCCCC(=O)On4c(O)ccc4O)CC3)c3ccc(=[N+](CC)CC)cc-3oc2c1. The van der Waals surface area contributed by atoms with Gasteiger partial charge in [0.25, 0.3) is 16.0 Å². The third-order valence-corrected chi connectivity index (χ3v) is 14.3. The van der Waals surface area contributed by atoms with Crippen LogP contribution in [0.15, 0.2) is 77.2 Å². The molecule has 3 aliphatic rings. The summed E-state index contributed by atoms with van der Waals surface area (Å²) in [6, 6.07) is 21.0. The van der Waals surface area contributed by atoms with Crippen molar-refractivity contribution in [1.82, 2.24) is 34.6 Å². The third kappa shape index (κ3) is 15.5. The van der Waals surface area contributed by atoms with Crippen molar-refractivity contribution in [3.8, 4) is 34.2 Å². The summed E-state index contributed by atoms with van der Waals surface area (Å²) >= 11 is 0. The second-order valence-corrected chi connectivity index (χ2v) is 20.2. The number of fused-ring (bicyclic) bond motifs is 2. The average Bonchev–Trinajstić information content (AvgIpc) is 3.71. The highest BCUT2D eigenvalue weighted by Crippen LogP contribution is 2.42. The Balaban J connectivity index is 0.970. The number of nitrogens with one attached hydrogen (secondary N) is 2. The molecule has 75 heavy (non-hydrogen) atoms. The number of aromatic hydroxyl groups is 2. The lowest BCUT2D eigenvalue weighted by Crippen LogP contribution is -2.51. The van der Waals surface area contributed by atoms with E-state index in [-0.39, 0.29) is 44.0 Å². The Hall–Kier alpha value is -6.97. The van der Waals surface area contributed by atoms with Crippen LogP contribution in [0.3, 0.4) is 0 Å². The molecular formula is C54H73N8O12S+. The van der Waals surface area contributed by atoms with E-state index in [0.717, 1.165) is 70.6 Å². The van der Waals surface area contributed by atoms with Crippen molar-refractivity contribution in [2.75, 3.05) is 89.7 Å². The van der Waals surface area contributed by atoms with Crippen LogP contribution in [0.2, 0.25) is 0 Å². The molecule has 1 unspecified atom stereocenters. The first kappa shape index (κ1) is 57.3. The first-order valence-corrected chi connectivity index (χ1v) is 27.6. The maximum absolute atomic E-state index is 14.5. The summed E-state index contributed by atoms with van der Waals surface area (Å²) in [6.45, 7) is 14.3. The predicted molar refractivity (Wildman–Crippen MR) is 286 cm³/mol. The number of likely N-dealkylation sites (N-methyl/N-ethyl adjacent to an activating group) is 1. The number of carbonyl (C=O) groups excluding carboxylic acids is 5. The van der Waals surface area contributed by atoms with E-state index in [2.05, 4.69) is 84.2 Å². The van der Waals surface area contributed by atoms with Gasteiger partial charge in [-0.1, -0.05) is 24.6 Å². The minimum atomic E-state index is -4.64. The Kier molecular flexibility index (Phi) is 20.6. The number of aromatic nitrogens is 1. The number of carbonyl (C=O) groups is 5. The second-order valence-electron chi connectivity index (χ2n) is 18.7. The average molecular weight is 1060 g/mol. The molecule has 406 valence electrons. The maximum atomic E-state index is 14.5. The highest BCUT2D eigenvalue weighted by molar-refractivity contribution is 7.85. The van der Waals surface area contributed by atoms with E-state index in [1.54, 1.807) is 9.80 Å². The summed E-state index contributed by atoms with van der Waals surface area (Å²) in [7, 11) is -2.82. The van der Waals surface area contributed by atoms with Crippen LogP contribution in [0.4, 0.5) is 5.69 Å². The molecule has 0 bridgehead atoms. The number of hydrogen-bond acceptors (Lipinski definition) is 13. The largest absolute Gasteiger partial charge is 0.492 e. The van der Waals surface area contributed by atoms with Gasteiger partial charge in [-0.15, -0.1) is 4.73 Å². The van der Waals surface area contributed by atoms with Crippen molar-refractivity contribution in [2.24, 2.45) is 0 Å².